The summed E-state index contributed by atoms with van der Waals surface area (Å²) in [6.07, 6.45) is 5.38. The van der Waals surface area contributed by atoms with Gasteiger partial charge in [0, 0.05) is 6.54 Å². The first-order valence-corrected chi connectivity index (χ1v) is 10.3. The lowest BCUT2D eigenvalue weighted by molar-refractivity contribution is -0.146. The Bertz CT molecular complexity index is 612. The Hall–Kier alpha value is -1.43. The molecular weight excluding hydrogens is 366 g/mol. The molecular formula is C15H27N3O7S. The van der Waals surface area contributed by atoms with Gasteiger partial charge in [0.15, 0.2) is 0 Å². The number of hydrogen-bond acceptors (Lipinski definition) is 6. The van der Waals surface area contributed by atoms with Gasteiger partial charge in [0.25, 0.3) is 5.91 Å². The summed E-state index contributed by atoms with van der Waals surface area (Å²) in [6.45, 7) is 3.63. The van der Waals surface area contributed by atoms with E-state index >= 15 is 0 Å². The van der Waals surface area contributed by atoms with Gasteiger partial charge in [-0.3, -0.25) is 14.2 Å². The second-order valence-electron chi connectivity index (χ2n) is 6.81. The Morgan fingerprint density at radius 1 is 1.23 bits per heavy atom. The summed E-state index contributed by atoms with van der Waals surface area (Å²) < 4.78 is 33.6. The number of amides is 3. The number of nitrogens with one attached hydrogen (secondary N) is 2. The van der Waals surface area contributed by atoms with Gasteiger partial charge >= 0.3 is 16.4 Å². The summed E-state index contributed by atoms with van der Waals surface area (Å²) in [5.41, 5.74) is 4.08. The molecule has 3 amide bonds. The van der Waals surface area contributed by atoms with Crippen molar-refractivity contribution in [2.45, 2.75) is 64.5 Å². The molecule has 0 aromatic heterocycles. The van der Waals surface area contributed by atoms with Crippen molar-refractivity contribution in [3.63, 3.8) is 0 Å². The summed E-state index contributed by atoms with van der Waals surface area (Å²) in [7, 11) is -4.83. The monoisotopic (exact) mass is 393 g/mol. The van der Waals surface area contributed by atoms with Crippen molar-refractivity contribution >= 4 is 22.3 Å². The van der Waals surface area contributed by atoms with Gasteiger partial charge in [0.1, 0.15) is 6.04 Å². The Morgan fingerprint density at radius 3 is 2.46 bits per heavy atom. The molecule has 26 heavy (non-hydrogen) atoms. The maximum absolute atomic E-state index is 12.5. The number of carbonyl (C=O) groups is 2. The molecule has 2 aliphatic rings. The van der Waals surface area contributed by atoms with Crippen LogP contribution in [0.3, 0.4) is 0 Å². The summed E-state index contributed by atoms with van der Waals surface area (Å²) in [6, 6.07) is -1.80. The molecule has 4 atom stereocenters. The molecule has 2 rings (SSSR count). The van der Waals surface area contributed by atoms with E-state index in [1.165, 1.54) is 6.42 Å². The standard InChI is InChI=1S/C15H27N3O7S/c1-3-5-12(18(4-2)15(20)17-25-26(21,22)23)14(19)16-24-13-9-10-6-7-11(13)8-10/h10-13H,3-9H2,1-2H3,(H,16,19)(H,17,20)(H,21,22,23)/t10?,11?,12-,13?/m0/s1. The highest BCUT2D eigenvalue weighted by atomic mass is 32.3. The SMILES string of the molecule is CCC[C@@H](C(=O)NOC1CC2CCC1C2)N(CC)C(=O)NOS(=O)(=O)O. The number of likely N-dealkylation sites (N-methyl/N-ethyl adjacent to an activating group) is 1. The summed E-state index contributed by atoms with van der Waals surface area (Å²) in [5, 5.41) is 0. The minimum atomic E-state index is -4.83. The highest BCUT2D eigenvalue weighted by Gasteiger charge is 2.41. The lowest BCUT2D eigenvalue weighted by Gasteiger charge is -2.30. The predicted molar refractivity (Wildman–Crippen MR) is 90.7 cm³/mol. The number of carbonyl (C=O) groups excluding carboxylic acids is 2. The second kappa shape index (κ2) is 8.98. The zero-order valence-electron chi connectivity index (χ0n) is 15.0. The van der Waals surface area contributed by atoms with Crippen LogP contribution in [-0.2, 0) is 24.3 Å². The highest BCUT2D eigenvalue weighted by Crippen LogP contribution is 2.45. The van der Waals surface area contributed by atoms with Gasteiger partial charge in [0.05, 0.1) is 6.10 Å². The molecule has 2 bridgehead atoms. The zero-order chi connectivity index (χ0) is 19.3. The Kier molecular flexibility index (Phi) is 7.21. The molecule has 2 saturated carbocycles. The maximum atomic E-state index is 12.5. The highest BCUT2D eigenvalue weighted by molar-refractivity contribution is 7.80. The predicted octanol–water partition coefficient (Wildman–Crippen LogP) is 1.16. The van der Waals surface area contributed by atoms with E-state index in [0.29, 0.717) is 24.7 Å². The summed E-state index contributed by atoms with van der Waals surface area (Å²) >= 11 is 0. The van der Waals surface area contributed by atoms with Crippen LogP contribution in [0.5, 0.6) is 0 Å². The van der Waals surface area contributed by atoms with E-state index in [1.807, 2.05) is 6.92 Å². The van der Waals surface area contributed by atoms with Crippen molar-refractivity contribution in [2.75, 3.05) is 6.54 Å². The number of hydroxylamine groups is 2. The molecule has 2 fully saturated rings. The molecule has 150 valence electrons. The molecule has 0 heterocycles. The van der Waals surface area contributed by atoms with E-state index in [4.69, 9.17) is 9.39 Å². The van der Waals surface area contributed by atoms with Crippen LogP contribution in [0.1, 0.15) is 52.4 Å². The number of nitrogens with zero attached hydrogens (tertiary/aromatic N) is 1. The van der Waals surface area contributed by atoms with Crippen molar-refractivity contribution in [1.82, 2.24) is 15.9 Å². The van der Waals surface area contributed by atoms with Gasteiger partial charge in [-0.05, 0) is 50.9 Å². The van der Waals surface area contributed by atoms with Crippen LogP contribution < -0.4 is 11.0 Å². The Balaban J connectivity index is 1.92. The normalized spacial score (nSPS) is 25.7. The fourth-order valence-electron chi connectivity index (χ4n) is 3.89. The third-order valence-corrected chi connectivity index (χ3v) is 5.35. The number of fused-ring (bicyclic) bond motifs is 2. The van der Waals surface area contributed by atoms with Gasteiger partial charge in [-0.15, -0.1) is 4.28 Å². The van der Waals surface area contributed by atoms with Crippen LogP contribution >= 0.6 is 0 Å². The van der Waals surface area contributed by atoms with E-state index in [2.05, 4.69) is 9.76 Å². The van der Waals surface area contributed by atoms with E-state index in [9.17, 15) is 18.0 Å². The van der Waals surface area contributed by atoms with Crippen LogP contribution in [0.2, 0.25) is 0 Å². The van der Waals surface area contributed by atoms with Crippen LogP contribution in [0.25, 0.3) is 0 Å². The van der Waals surface area contributed by atoms with Crippen LogP contribution in [0.4, 0.5) is 4.79 Å². The minimum absolute atomic E-state index is 0.00625. The van der Waals surface area contributed by atoms with Gasteiger partial charge in [-0.1, -0.05) is 13.3 Å². The third kappa shape index (κ3) is 5.53. The largest absolute Gasteiger partial charge is 0.418 e. The second-order valence-corrected chi connectivity index (χ2v) is 7.83. The van der Waals surface area contributed by atoms with E-state index in [-0.39, 0.29) is 12.6 Å². The van der Waals surface area contributed by atoms with E-state index < -0.39 is 28.4 Å². The molecule has 2 aliphatic carbocycles. The first kappa shape index (κ1) is 20.9. The average molecular weight is 393 g/mol. The number of urea groups is 1. The Labute approximate surface area is 153 Å². The maximum Gasteiger partial charge on any atom is 0.418 e. The molecule has 0 aliphatic heterocycles. The molecule has 0 radical (unpaired) electrons. The molecule has 0 spiro atoms. The summed E-state index contributed by atoms with van der Waals surface area (Å²) in [4.78, 5) is 31.3. The smallest absolute Gasteiger partial charge is 0.311 e. The van der Waals surface area contributed by atoms with Crippen molar-refractivity contribution in [3.8, 4) is 0 Å². The van der Waals surface area contributed by atoms with Gasteiger partial charge in [-0.25, -0.2) is 10.3 Å². The van der Waals surface area contributed by atoms with Gasteiger partial charge < -0.3 is 4.90 Å². The topological polar surface area (TPSA) is 134 Å². The summed E-state index contributed by atoms with van der Waals surface area (Å²) in [5.74, 6) is 0.668. The molecule has 3 N–H and O–H groups in total. The van der Waals surface area contributed by atoms with E-state index in [0.717, 1.165) is 24.2 Å². The third-order valence-electron chi connectivity index (χ3n) is 5.06. The van der Waals surface area contributed by atoms with Crippen LogP contribution in [0, 0.1) is 11.8 Å². The van der Waals surface area contributed by atoms with Gasteiger partial charge in [0.2, 0.25) is 0 Å². The van der Waals surface area contributed by atoms with E-state index in [1.54, 1.807) is 12.4 Å². The van der Waals surface area contributed by atoms with Crippen molar-refractivity contribution in [3.05, 3.63) is 0 Å². The quantitative estimate of drug-likeness (QED) is 0.395. The van der Waals surface area contributed by atoms with Gasteiger partial charge in [-0.2, -0.15) is 13.9 Å². The van der Waals surface area contributed by atoms with Crippen LogP contribution in [0.15, 0.2) is 0 Å². The minimum Gasteiger partial charge on any atom is -0.311 e. The van der Waals surface area contributed by atoms with Crippen molar-refractivity contribution in [1.29, 1.82) is 0 Å². The van der Waals surface area contributed by atoms with Crippen molar-refractivity contribution < 1.29 is 31.7 Å². The molecule has 0 aromatic rings. The number of hydrogen-bond donors (Lipinski definition) is 3. The molecule has 0 saturated heterocycles. The van der Waals surface area contributed by atoms with Crippen molar-refractivity contribution in [2.24, 2.45) is 11.8 Å². The fourth-order valence-corrected chi connectivity index (χ4v) is 4.06. The fraction of sp³-hybridized carbons (Fsp3) is 0.867. The Morgan fingerprint density at radius 2 is 1.96 bits per heavy atom. The molecule has 3 unspecified atom stereocenters. The molecule has 10 nitrogen and oxygen atoms in total. The first-order valence-electron chi connectivity index (χ1n) is 8.93. The first-order chi connectivity index (χ1) is 12.2. The lowest BCUT2D eigenvalue weighted by atomic mass is 9.98. The molecule has 11 heteroatoms. The lowest BCUT2D eigenvalue weighted by Crippen LogP contribution is -2.53. The zero-order valence-corrected chi connectivity index (χ0v) is 15.8. The number of rotatable bonds is 9. The van der Waals surface area contributed by atoms with Crippen LogP contribution in [-0.4, -0.2) is 48.5 Å². The average Bonchev–Trinajstić information content (AvgIpc) is 3.20. The molecule has 0 aromatic carbocycles.